The minimum absolute atomic E-state index is 0.0206. The maximum Gasteiger partial charge on any atom is 0.165 e. The van der Waals surface area contributed by atoms with E-state index in [1.54, 1.807) is 0 Å². The van der Waals surface area contributed by atoms with Crippen molar-refractivity contribution in [3.8, 4) is 17.1 Å². The third kappa shape index (κ3) is 3.07. The van der Waals surface area contributed by atoms with E-state index in [0.717, 1.165) is 11.9 Å². The van der Waals surface area contributed by atoms with Gasteiger partial charge < -0.3 is 20.8 Å². The largest absolute Gasteiger partial charge is 0.507 e. The molecule has 2 aromatic carbocycles. The molecule has 0 bridgehead atoms. The van der Waals surface area contributed by atoms with Crippen molar-refractivity contribution in [2.75, 3.05) is 25.0 Å². The molecule has 0 amide bonds. The van der Waals surface area contributed by atoms with Gasteiger partial charge in [0.25, 0.3) is 0 Å². The Hall–Kier alpha value is -2.77. The van der Waals surface area contributed by atoms with Crippen LogP contribution in [0.25, 0.3) is 22.3 Å². The van der Waals surface area contributed by atoms with Crippen molar-refractivity contribution in [3.05, 3.63) is 48.3 Å². The summed E-state index contributed by atoms with van der Waals surface area (Å²) in [7, 11) is 0. The fourth-order valence-corrected chi connectivity index (χ4v) is 3.26. The van der Waals surface area contributed by atoms with Crippen molar-refractivity contribution in [1.82, 2.24) is 15.3 Å². The van der Waals surface area contributed by atoms with Crippen LogP contribution in [-0.4, -0.2) is 45.9 Å². The number of benzene rings is 2. The van der Waals surface area contributed by atoms with Crippen molar-refractivity contribution < 1.29 is 14.6 Å². The molecule has 2 heterocycles. The predicted octanol–water partition coefficient (Wildman–Crippen LogP) is 2.13. The van der Waals surface area contributed by atoms with E-state index >= 15 is 0 Å². The quantitative estimate of drug-likeness (QED) is 0.574. The summed E-state index contributed by atoms with van der Waals surface area (Å²) in [6.45, 7) is 1.52. The molecule has 1 fully saturated rings. The molecule has 1 aliphatic heterocycles. The van der Waals surface area contributed by atoms with Crippen LogP contribution in [0.4, 0.5) is 10.2 Å². The van der Waals surface area contributed by atoms with Gasteiger partial charge in [-0.3, -0.25) is 0 Å². The lowest BCUT2D eigenvalue weighted by Gasteiger charge is -2.20. The Balaban J connectivity index is 1.82. The average Bonchev–Trinajstić information content (AvgIpc) is 3.11. The van der Waals surface area contributed by atoms with E-state index in [9.17, 15) is 14.6 Å². The Morgan fingerprint density at radius 2 is 2.00 bits per heavy atom. The van der Waals surface area contributed by atoms with Crippen molar-refractivity contribution in [3.63, 3.8) is 0 Å². The number of halogens is 1. The third-order valence-electron chi connectivity index (χ3n) is 4.70. The molecule has 2 atom stereocenters. The van der Waals surface area contributed by atoms with E-state index in [-0.39, 0.29) is 35.7 Å². The number of rotatable bonds is 4. The molecule has 7 heteroatoms. The first-order chi connectivity index (χ1) is 12.7. The molecule has 0 radical (unpaired) electrons. The highest BCUT2D eigenvalue weighted by Crippen LogP contribution is 2.31. The average molecular weight is 354 g/mol. The molecule has 26 heavy (non-hydrogen) atoms. The van der Waals surface area contributed by atoms with Crippen LogP contribution in [-0.2, 0) is 0 Å². The maximum atomic E-state index is 13.7. The number of nitrogens with zero attached hydrogens (tertiary/aromatic N) is 2. The highest BCUT2D eigenvalue weighted by atomic mass is 19.1. The van der Waals surface area contributed by atoms with Crippen molar-refractivity contribution in [2.24, 2.45) is 5.92 Å². The van der Waals surface area contributed by atoms with Gasteiger partial charge in [0.2, 0.25) is 0 Å². The lowest BCUT2D eigenvalue weighted by atomic mass is 10.0. The molecule has 3 aromatic rings. The molecule has 6 nitrogen and oxygen atoms in total. The van der Waals surface area contributed by atoms with Gasteiger partial charge >= 0.3 is 0 Å². The van der Waals surface area contributed by atoms with E-state index < -0.39 is 5.82 Å². The third-order valence-corrected chi connectivity index (χ3v) is 4.70. The normalized spacial score (nSPS) is 19.8. The SMILES string of the molecule is OC[C@@H]1CNCC1Nc1nc(-c2cc(F)ccc2O)nc2ccccc12. The van der Waals surface area contributed by atoms with E-state index in [0.29, 0.717) is 17.9 Å². The van der Waals surface area contributed by atoms with Crippen LogP contribution in [0.5, 0.6) is 5.75 Å². The Morgan fingerprint density at radius 3 is 2.85 bits per heavy atom. The second kappa shape index (κ2) is 6.86. The zero-order valence-corrected chi connectivity index (χ0v) is 14.0. The summed E-state index contributed by atoms with van der Waals surface area (Å²) < 4.78 is 13.7. The van der Waals surface area contributed by atoms with E-state index in [2.05, 4.69) is 20.6 Å². The van der Waals surface area contributed by atoms with E-state index in [4.69, 9.17) is 0 Å². The van der Waals surface area contributed by atoms with Crippen LogP contribution >= 0.6 is 0 Å². The van der Waals surface area contributed by atoms with E-state index in [1.165, 1.54) is 18.2 Å². The van der Waals surface area contributed by atoms with Crippen LogP contribution in [0.1, 0.15) is 0 Å². The fourth-order valence-electron chi connectivity index (χ4n) is 3.26. The minimum Gasteiger partial charge on any atom is -0.507 e. The van der Waals surface area contributed by atoms with Gasteiger partial charge in [-0.05, 0) is 30.3 Å². The van der Waals surface area contributed by atoms with Gasteiger partial charge in [0.1, 0.15) is 17.4 Å². The Kier molecular flexibility index (Phi) is 4.40. The highest BCUT2D eigenvalue weighted by Gasteiger charge is 2.27. The lowest BCUT2D eigenvalue weighted by Crippen LogP contribution is -2.30. The van der Waals surface area contributed by atoms with Crippen LogP contribution in [0, 0.1) is 11.7 Å². The monoisotopic (exact) mass is 354 g/mol. The van der Waals surface area contributed by atoms with Gasteiger partial charge in [-0.1, -0.05) is 12.1 Å². The van der Waals surface area contributed by atoms with Crippen LogP contribution in [0.2, 0.25) is 0 Å². The number of aliphatic hydroxyl groups excluding tert-OH is 1. The molecule has 134 valence electrons. The number of hydrogen-bond donors (Lipinski definition) is 4. The second-order valence-electron chi connectivity index (χ2n) is 6.43. The predicted molar refractivity (Wildman–Crippen MR) is 97.5 cm³/mol. The van der Waals surface area contributed by atoms with Crippen LogP contribution in [0.3, 0.4) is 0 Å². The van der Waals surface area contributed by atoms with Gasteiger partial charge in [-0.2, -0.15) is 0 Å². The molecule has 1 aromatic heterocycles. The zero-order chi connectivity index (χ0) is 18.1. The summed E-state index contributed by atoms with van der Waals surface area (Å²) in [5.41, 5.74) is 0.928. The molecule has 1 unspecified atom stereocenters. The number of aromatic hydroxyl groups is 1. The number of para-hydroxylation sites is 1. The van der Waals surface area contributed by atoms with Gasteiger partial charge in [-0.15, -0.1) is 0 Å². The second-order valence-corrected chi connectivity index (χ2v) is 6.43. The van der Waals surface area contributed by atoms with Crippen molar-refractivity contribution >= 4 is 16.7 Å². The van der Waals surface area contributed by atoms with Gasteiger partial charge in [0.05, 0.1) is 11.1 Å². The number of anilines is 1. The number of hydrogen-bond acceptors (Lipinski definition) is 6. The summed E-state index contributed by atoms with van der Waals surface area (Å²) in [5, 5.41) is 27.1. The first-order valence-electron chi connectivity index (χ1n) is 8.49. The fraction of sp³-hybridized carbons (Fsp3) is 0.263. The first kappa shape index (κ1) is 16.7. The van der Waals surface area contributed by atoms with Crippen LogP contribution < -0.4 is 10.6 Å². The van der Waals surface area contributed by atoms with Gasteiger partial charge in [0.15, 0.2) is 5.82 Å². The summed E-state index contributed by atoms with van der Waals surface area (Å²) in [6.07, 6.45) is 0. The number of aliphatic hydroxyl groups is 1. The minimum atomic E-state index is -0.468. The topological polar surface area (TPSA) is 90.3 Å². The molecular weight excluding hydrogens is 335 g/mol. The molecule has 1 saturated heterocycles. The summed E-state index contributed by atoms with van der Waals surface area (Å²) in [5.74, 6) is 0.374. The molecule has 4 N–H and O–H groups in total. The highest BCUT2D eigenvalue weighted by molar-refractivity contribution is 5.91. The molecule has 0 aliphatic carbocycles. The number of phenols is 1. The Morgan fingerprint density at radius 1 is 1.15 bits per heavy atom. The summed E-state index contributed by atoms with van der Waals surface area (Å²) in [6, 6.07) is 11.2. The van der Waals surface area contributed by atoms with Gasteiger partial charge in [0, 0.05) is 37.0 Å². The molecule has 1 aliphatic rings. The smallest absolute Gasteiger partial charge is 0.165 e. The number of phenolic OH excluding ortho intramolecular Hbond substituents is 1. The Bertz CT molecular complexity index is 950. The standard InChI is InChI=1S/C19H19FN4O2/c20-12-5-6-17(26)14(7-12)19-22-15-4-2-1-3-13(15)18(24-19)23-16-9-21-8-11(16)10-25/h1-7,11,16,21,25-26H,8-10H2,(H,22,23,24)/t11-,16?/m0/s1. The van der Waals surface area contributed by atoms with Crippen LogP contribution in [0.15, 0.2) is 42.5 Å². The molecular formula is C19H19FN4O2. The number of fused-ring (bicyclic) bond motifs is 1. The van der Waals surface area contributed by atoms with E-state index in [1.807, 2.05) is 24.3 Å². The molecule has 4 rings (SSSR count). The summed E-state index contributed by atoms with van der Waals surface area (Å²) >= 11 is 0. The lowest BCUT2D eigenvalue weighted by molar-refractivity contribution is 0.231. The first-order valence-corrected chi connectivity index (χ1v) is 8.49. The maximum absolute atomic E-state index is 13.7. The number of nitrogens with one attached hydrogen (secondary N) is 2. The Labute approximate surface area is 149 Å². The molecule has 0 saturated carbocycles. The van der Waals surface area contributed by atoms with Gasteiger partial charge in [-0.25, -0.2) is 14.4 Å². The zero-order valence-electron chi connectivity index (χ0n) is 14.0. The molecule has 0 spiro atoms. The summed E-state index contributed by atoms with van der Waals surface area (Å²) in [4.78, 5) is 9.03. The van der Waals surface area contributed by atoms with Crippen molar-refractivity contribution in [1.29, 1.82) is 0 Å². The van der Waals surface area contributed by atoms with Crippen molar-refractivity contribution in [2.45, 2.75) is 6.04 Å². The number of aromatic nitrogens is 2.